The minimum absolute atomic E-state index is 0.0462. The summed E-state index contributed by atoms with van der Waals surface area (Å²) in [6.07, 6.45) is 11.3. The van der Waals surface area contributed by atoms with E-state index in [1.165, 1.54) is 27.8 Å². The van der Waals surface area contributed by atoms with Gasteiger partial charge in [-0.05, 0) is 64.8 Å². The molecule has 0 bridgehead atoms. The Morgan fingerprint density at radius 1 is 0.767 bits per heavy atom. The summed E-state index contributed by atoms with van der Waals surface area (Å²) < 4.78 is 0. The number of pyridine rings is 1. The van der Waals surface area contributed by atoms with E-state index < -0.39 is 0 Å². The smallest absolute Gasteiger partial charge is 0.103 e. The van der Waals surface area contributed by atoms with E-state index in [2.05, 4.69) is 134 Å². The van der Waals surface area contributed by atoms with Crippen molar-refractivity contribution < 1.29 is 0 Å². The van der Waals surface area contributed by atoms with Crippen LogP contribution in [0.25, 0.3) is 40.1 Å². The molecule has 0 spiro atoms. The zero-order valence-electron chi connectivity index (χ0n) is 24.4. The van der Waals surface area contributed by atoms with Gasteiger partial charge in [-0.1, -0.05) is 140 Å². The molecule has 0 N–H and O–H groups in total. The lowest BCUT2D eigenvalue weighted by Crippen LogP contribution is -2.20. The van der Waals surface area contributed by atoms with Crippen LogP contribution in [0.5, 0.6) is 0 Å². The van der Waals surface area contributed by atoms with Crippen molar-refractivity contribution in [2.24, 2.45) is 10.9 Å². The van der Waals surface area contributed by atoms with Crippen LogP contribution in [0.1, 0.15) is 52.9 Å². The van der Waals surface area contributed by atoms with Gasteiger partial charge in [0.05, 0.1) is 11.4 Å². The maximum absolute atomic E-state index is 5.48. The highest BCUT2D eigenvalue weighted by Gasteiger charge is 2.33. The highest BCUT2D eigenvalue weighted by Crippen LogP contribution is 2.46. The van der Waals surface area contributed by atoms with Crippen LogP contribution in [0, 0.1) is 5.92 Å². The van der Waals surface area contributed by atoms with Crippen LogP contribution in [-0.2, 0) is 6.42 Å². The number of hydrogen-bond donors (Lipinski definition) is 0. The zero-order chi connectivity index (χ0) is 29.2. The Bertz CT molecular complexity index is 1880. The second-order valence-electron chi connectivity index (χ2n) is 11.3. The third-order valence-corrected chi connectivity index (χ3v) is 8.67. The molecule has 1 heterocycles. The van der Waals surface area contributed by atoms with Crippen LogP contribution >= 0.6 is 0 Å². The van der Waals surface area contributed by atoms with Gasteiger partial charge in [-0.2, -0.15) is 0 Å². The predicted molar refractivity (Wildman–Crippen MR) is 182 cm³/mol. The Morgan fingerprint density at radius 2 is 1.47 bits per heavy atom. The molecule has 1 aromatic heterocycles. The fourth-order valence-electron chi connectivity index (χ4n) is 6.40. The van der Waals surface area contributed by atoms with Gasteiger partial charge in [-0.25, -0.2) is 4.98 Å². The molecular weight excluding hydrogens is 520 g/mol. The Kier molecular flexibility index (Phi) is 7.27. The van der Waals surface area contributed by atoms with Crippen molar-refractivity contribution in [3.8, 4) is 22.4 Å². The van der Waals surface area contributed by atoms with Crippen LogP contribution in [-0.4, -0.2) is 10.7 Å². The van der Waals surface area contributed by atoms with Crippen molar-refractivity contribution in [3.05, 3.63) is 168 Å². The van der Waals surface area contributed by atoms with Crippen LogP contribution in [0.2, 0.25) is 0 Å². The van der Waals surface area contributed by atoms with E-state index in [0.717, 1.165) is 52.2 Å². The molecule has 43 heavy (non-hydrogen) atoms. The number of aromatic nitrogens is 1. The summed E-state index contributed by atoms with van der Waals surface area (Å²) in [5.41, 5.74) is 13.6. The second-order valence-corrected chi connectivity index (χ2v) is 11.3. The van der Waals surface area contributed by atoms with Crippen molar-refractivity contribution in [2.75, 3.05) is 0 Å². The molecule has 7 rings (SSSR count). The van der Waals surface area contributed by atoms with E-state index in [4.69, 9.17) is 16.6 Å². The topological polar surface area (TPSA) is 25.2 Å². The number of aryl methyl sites for hydroxylation is 1. The fraction of sp³-hybridized carbons (Fsp3) is 0.122. The number of fused-ring (bicyclic) bond motifs is 2. The standard InChI is InChI=1S/C41H34N2/c1-28(34-24-14-22-31-19-12-13-23-36(31)34)35-25-26-37-38(32-17-8-4-9-18-32)27-39(33-20-10-5-11-21-33)43-41(37)40(35)42-29(2)30-15-6-3-7-16-30/h3-11,13-18,20-27,35,40H,1,12,19H2,2H3. The molecule has 4 aromatic carbocycles. The molecule has 0 fully saturated rings. The number of aliphatic imine (C=N–C) groups is 1. The lowest BCUT2D eigenvalue weighted by atomic mass is 9.77. The van der Waals surface area contributed by atoms with Crippen molar-refractivity contribution >= 4 is 23.4 Å². The molecule has 0 saturated heterocycles. The van der Waals surface area contributed by atoms with Gasteiger partial charge < -0.3 is 0 Å². The van der Waals surface area contributed by atoms with Crippen LogP contribution < -0.4 is 0 Å². The summed E-state index contributed by atoms with van der Waals surface area (Å²) in [7, 11) is 0. The Hall–Kier alpha value is -5.08. The Labute approximate surface area is 254 Å². The van der Waals surface area contributed by atoms with E-state index in [1.807, 2.05) is 12.1 Å². The maximum atomic E-state index is 5.48. The lowest BCUT2D eigenvalue weighted by molar-refractivity contribution is 0.611. The van der Waals surface area contributed by atoms with Crippen LogP contribution in [0.3, 0.4) is 0 Å². The average molecular weight is 555 g/mol. The molecule has 2 nitrogen and oxygen atoms in total. The fourth-order valence-corrected chi connectivity index (χ4v) is 6.40. The average Bonchev–Trinajstić information content (AvgIpc) is 3.08. The summed E-state index contributed by atoms with van der Waals surface area (Å²) in [6.45, 7) is 6.85. The molecule has 0 amide bonds. The third-order valence-electron chi connectivity index (χ3n) is 8.67. The molecule has 208 valence electrons. The minimum atomic E-state index is -0.234. The van der Waals surface area contributed by atoms with Gasteiger partial charge in [0.15, 0.2) is 0 Å². The number of rotatable bonds is 6. The first-order chi connectivity index (χ1) is 21.2. The van der Waals surface area contributed by atoms with Gasteiger partial charge in [0.1, 0.15) is 6.04 Å². The Morgan fingerprint density at radius 3 is 2.21 bits per heavy atom. The molecule has 2 heteroatoms. The van der Waals surface area contributed by atoms with Gasteiger partial charge in [0.25, 0.3) is 0 Å². The monoisotopic (exact) mass is 554 g/mol. The van der Waals surface area contributed by atoms with E-state index in [1.54, 1.807) is 0 Å². The van der Waals surface area contributed by atoms with Gasteiger partial charge in [0.2, 0.25) is 0 Å². The maximum Gasteiger partial charge on any atom is 0.103 e. The van der Waals surface area contributed by atoms with Crippen molar-refractivity contribution in [2.45, 2.75) is 25.8 Å². The van der Waals surface area contributed by atoms with Crippen LogP contribution in [0.4, 0.5) is 0 Å². The number of benzene rings is 4. The van der Waals surface area contributed by atoms with E-state index in [9.17, 15) is 0 Å². The Balaban J connectivity index is 1.44. The highest BCUT2D eigenvalue weighted by molar-refractivity contribution is 5.99. The molecule has 2 atom stereocenters. The van der Waals surface area contributed by atoms with Gasteiger partial charge in [-0.15, -0.1) is 0 Å². The first kappa shape index (κ1) is 26.8. The van der Waals surface area contributed by atoms with Crippen molar-refractivity contribution in [1.29, 1.82) is 0 Å². The molecular formula is C41H34N2. The molecule has 5 aromatic rings. The largest absolute Gasteiger partial charge is 0.279 e. The first-order valence-electron chi connectivity index (χ1n) is 15.1. The first-order valence-corrected chi connectivity index (χ1v) is 15.1. The molecule has 2 unspecified atom stereocenters. The molecule has 2 aliphatic rings. The number of nitrogens with zero attached hydrogens (tertiary/aromatic N) is 2. The van der Waals surface area contributed by atoms with Crippen molar-refractivity contribution in [3.63, 3.8) is 0 Å². The summed E-state index contributed by atoms with van der Waals surface area (Å²) in [4.78, 5) is 10.9. The summed E-state index contributed by atoms with van der Waals surface area (Å²) in [5.74, 6) is -0.0462. The number of hydrogen-bond acceptors (Lipinski definition) is 2. The predicted octanol–water partition coefficient (Wildman–Crippen LogP) is 10.3. The second kappa shape index (κ2) is 11.7. The van der Waals surface area contributed by atoms with E-state index in [0.29, 0.717) is 0 Å². The van der Waals surface area contributed by atoms with Gasteiger partial charge >= 0.3 is 0 Å². The molecule has 0 aliphatic heterocycles. The number of allylic oxidation sites excluding steroid dienone is 1. The minimum Gasteiger partial charge on any atom is -0.279 e. The SMILES string of the molecule is C=C(c1cccc2c1C=CCC2)C1C=Cc2c(-c3ccccc3)cc(-c3ccccc3)nc2C1N=C(C)c1ccccc1. The van der Waals surface area contributed by atoms with Crippen molar-refractivity contribution in [1.82, 2.24) is 4.98 Å². The summed E-state index contributed by atoms with van der Waals surface area (Å²) >= 11 is 0. The van der Waals surface area contributed by atoms with Crippen LogP contribution in [0.15, 0.2) is 139 Å². The quantitative estimate of drug-likeness (QED) is 0.192. The molecule has 0 radical (unpaired) electrons. The van der Waals surface area contributed by atoms with E-state index in [-0.39, 0.29) is 12.0 Å². The lowest BCUT2D eigenvalue weighted by Gasteiger charge is -2.31. The normalized spacial score (nSPS) is 17.3. The molecule has 0 saturated carbocycles. The van der Waals surface area contributed by atoms with Gasteiger partial charge in [0, 0.05) is 22.8 Å². The zero-order valence-corrected chi connectivity index (χ0v) is 24.4. The highest BCUT2D eigenvalue weighted by atomic mass is 14.9. The summed E-state index contributed by atoms with van der Waals surface area (Å²) in [6, 6.07) is 40.2. The van der Waals surface area contributed by atoms with E-state index >= 15 is 0 Å². The summed E-state index contributed by atoms with van der Waals surface area (Å²) in [5, 5.41) is 0. The van der Waals surface area contributed by atoms with Gasteiger partial charge in [-0.3, -0.25) is 4.99 Å². The molecule has 2 aliphatic carbocycles. The third kappa shape index (κ3) is 5.21.